The van der Waals surface area contributed by atoms with Crippen molar-refractivity contribution in [3.8, 4) is 5.75 Å². The molecule has 0 aliphatic rings. The van der Waals surface area contributed by atoms with Crippen LogP contribution in [0.3, 0.4) is 0 Å². The molecule has 2 aromatic rings. The van der Waals surface area contributed by atoms with Crippen LogP contribution in [-0.2, 0) is 6.61 Å². The van der Waals surface area contributed by atoms with Crippen LogP contribution in [0, 0.1) is 0 Å². The molecule has 1 heterocycles. The van der Waals surface area contributed by atoms with Crippen molar-refractivity contribution in [1.82, 2.24) is 0 Å². The standard InChI is InChI=1S/C11H10OS.BBr3/c1-2-5-10(6-3-1)12-9-11-7-4-8-13-11;2-1(3)4/h1-8H,9H2;. The van der Waals surface area contributed by atoms with Crippen LogP contribution < -0.4 is 4.74 Å². The van der Waals surface area contributed by atoms with Crippen molar-refractivity contribution in [3.05, 3.63) is 52.7 Å². The monoisotopic (exact) mass is 438 g/mol. The van der Waals surface area contributed by atoms with Gasteiger partial charge in [0.25, 0.3) is 0 Å². The summed E-state index contributed by atoms with van der Waals surface area (Å²) < 4.78 is 5.83. The Morgan fingerprint density at radius 3 is 2.18 bits per heavy atom. The minimum atomic E-state index is 0.271. The fourth-order valence-corrected chi connectivity index (χ4v) is 1.68. The predicted octanol–water partition coefficient (Wildman–Crippen LogP) is 5.48. The van der Waals surface area contributed by atoms with Gasteiger partial charge in [-0.25, -0.2) is 0 Å². The van der Waals surface area contributed by atoms with Crippen molar-refractivity contribution in [2.75, 3.05) is 0 Å². The number of hydrogen-bond donors (Lipinski definition) is 0. The van der Waals surface area contributed by atoms with Crippen molar-refractivity contribution in [2.24, 2.45) is 0 Å². The quantitative estimate of drug-likeness (QED) is 0.574. The van der Waals surface area contributed by atoms with Gasteiger partial charge < -0.3 is 4.74 Å². The maximum Gasteiger partial charge on any atom is 0.369 e. The summed E-state index contributed by atoms with van der Waals surface area (Å²) in [6, 6.07) is 14.0. The molecule has 0 radical (unpaired) electrons. The van der Waals surface area contributed by atoms with E-state index in [1.807, 2.05) is 36.4 Å². The minimum absolute atomic E-state index is 0.271. The second-order valence-corrected chi connectivity index (χ2v) is 10.4. The van der Waals surface area contributed by atoms with Crippen molar-refractivity contribution in [3.63, 3.8) is 0 Å². The number of rotatable bonds is 3. The van der Waals surface area contributed by atoms with E-state index in [9.17, 15) is 0 Å². The zero-order valence-electron chi connectivity index (χ0n) is 8.85. The molecule has 0 N–H and O–H groups in total. The second-order valence-electron chi connectivity index (χ2n) is 2.93. The van der Waals surface area contributed by atoms with Gasteiger partial charge in [-0.05, 0) is 23.6 Å². The summed E-state index contributed by atoms with van der Waals surface area (Å²) in [4.78, 5) is 1.25. The highest BCUT2D eigenvalue weighted by Gasteiger charge is 1.94. The molecule has 0 saturated heterocycles. The third kappa shape index (κ3) is 8.03. The summed E-state index contributed by atoms with van der Waals surface area (Å²) in [5, 5.41) is 2.06. The molecule has 0 amide bonds. The van der Waals surface area contributed by atoms with Gasteiger partial charge in [-0.1, -0.05) is 24.3 Å². The van der Waals surface area contributed by atoms with E-state index < -0.39 is 0 Å². The Hall–Kier alpha value is 0.225. The highest BCUT2D eigenvalue weighted by atomic mass is 79.9. The molecule has 6 heteroatoms. The molecule has 0 bridgehead atoms. The third-order valence-corrected chi connectivity index (χ3v) is 2.55. The second kappa shape index (κ2) is 9.19. The van der Waals surface area contributed by atoms with Crippen LogP contribution in [0.2, 0.25) is 0 Å². The minimum Gasteiger partial charge on any atom is -0.488 e. The summed E-state index contributed by atoms with van der Waals surface area (Å²) in [7, 11) is 0. The number of benzene rings is 1. The number of ether oxygens (including phenoxy) is 1. The highest BCUT2D eigenvalue weighted by Crippen LogP contribution is 2.14. The molecule has 0 spiro atoms. The summed E-state index contributed by atoms with van der Waals surface area (Å²) in [6.07, 6.45) is 0. The van der Waals surface area contributed by atoms with Gasteiger partial charge in [0, 0.05) is 4.88 Å². The van der Waals surface area contributed by atoms with Crippen molar-refractivity contribution in [1.29, 1.82) is 0 Å². The Morgan fingerprint density at radius 2 is 1.65 bits per heavy atom. The molecule has 0 saturated carbocycles. The number of hydrogen-bond acceptors (Lipinski definition) is 2. The van der Waals surface area contributed by atoms with Crippen LogP contribution in [0.15, 0.2) is 47.8 Å². The maximum absolute atomic E-state index is 5.56. The summed E-state index contributed by atoms with van der Waals surface area (Å²) in [5.41, 5.74) is 0. The maximum atomic E-state index is 5.56. The topological polar surface area (TPSA) is 9.23 Å². The van der Waals surface area contributed by atoms with Gasteiger partial charge in [-0.15, -0.1) is 58.6 Å². The number of thiophene rings is 1. The molecular formula is C11H10BBr3OS. The molecule has 1 aromatic heterocycles. The van der Waals surface area contributed by atoms with Crippen molar-refractivity contribution in [2.45, 2.75) is 6.61 Å². The van der Waals surface area contributed by atoms with Crippen molar-refractivity contribution >= 4 is 61.8 Å². The highest BCUT2D eigenvalue weighted by molar-refractivity contribution is 9.69. The van der Waals surface area contributed by atoms with E-state index in [4.69, 9.17) is 4.74 Å². The molecule has 1 aromatic carbocycles. The van der Waals surface area contributed by atoms with E-state index in [1.165, 1.54) is 4.88 Å². The first-order chi connectivity index (χ1) is 8.18. The molecule has 2 rings (SSSR count). The number of halogens is 3. The average molecular weight is 441 g/mol. The molecule has 17 heavy (non-hydrogen) atoms. The van der Waals surface area contributed by atoms with Gasteiger partial charge in [-0.2, -0.15) is 0 Å². The predicted molar refractivity (Wildman–Crippen MR) is 87.6 cm³/mol. The average Bonchev–Trinajstić information content (AvgIpc) is 2.80. The molecule has 1 nitrogen and oxygen atoms in total. The summed E-state index contributed by atoms with van der Waals surface area (Å²) in [5.74, 6) is 0.927. The Labute approximate surface area is 131 Å². The van der Waals surface area contributed by atoms with Crippen molar-refractivity contribution < 1.29 is 4.74 Å². The van der Waals surface area contributed by atoms with Crippen LogP contribution in [0.5, 0.6) is 5.75 Å². The molecular weight excluding hydrogens is 431 g/mol. The number of para-hydroxylation sites is 1. The summed E-state index contributed by atoms with van der Waals surface area (Å²) >= 11 is 11.0. The Morgan fingerprint density at radius 1 is 1.00 bits per heavy atom. The Kier molecular flexibility index (Phi) is 8.27. The fourth-order valence-electron chi connectivity index (χ4n) is 1.07. The van der Waals surface area contributed by atoms with E-state index in [0.29, 0.717) is 6.61 Å². The van der Waals surface area contributed by atoms with E-state index in [1.54, 1.807) is 11.3 Å². The molecule has 0 aliphatic heterocycles. The van der Waals surface area contributed by atoms with Crippen LogP contribution in [-0.4, -0.2) is 3.18 Å². The first-order valence-corrected chi connectivity index (χ1v) is 8.43. The first-order valence-electron chi connectivity index (χ1n) is 4.81. The largest absolute Gasteiger partial charge is 0.488 e. The lowest BCUT2D eigenvalue weighted by Crippen LogP contribution is -1.91. The van der Waals surface area contributed by atoms with E-state index in [0.717, 1.165) is 5.75 Å². The molecule has 0 atom stereocenters. The van der Waals surface area contributed by atoms with Gasteiger partial charge in [0.05, 0.1) is 0 Å². The van der Waals surface area contributed by atoms with Gasteiger partial charge in [0.1, 0.15) is 12.4 Å². The smallest absolute Gasteiger partial charge is 0.369 e. The van der Waals surface area contributed by atoms with Gasteiger partial charge >= 0.3 is 3.18 Å². The van der Waals surface area contributed by atoms with Crippen LogP contribution in [0.1, 0.15) is 4.88 Å². The Bertz CT molecular complexity index is 392. The lowest BCUT2D eigenvalue weighted by Gasteiger charge is -2.02. The normalized spacial score (nSPS) is 9.12. The zero-order valence-corrected chi connectivity index (χ0v) is 14.4. The molecule has 0 aliphatic carbocycles. The lowest BCUT2D eigenvalue weighted by atomic mass is 10.3. The lowest BCUT2D eigenvalue weighted by molar-refractivity contribution is 0.310. The van der Waals surface area contributed by atoms with E-state index >= 15 is 0 Å². The first kappa shape index (κ1) is 15.3. The molecule has 0 fully saturated rings. The van der Waals surface area contributed by atoms with Gasteiger partial charge in [0.2, 0.25) is 0 Å². The zero-order chi connectivity index (χ0) is 12.5. The molecule has 90 valence electrons. The van der Waals surface area contributed by atoms with Gasteiger partial charge in [0.15, 0.2) is 0 Å². The van der Waals surface area contributed by atoms with E-state index in [-0.39, 0.29) is 3.18 Å². The summed E-state index contributed by atoms with van der Waals surface area (Å²) in [6.45, 7) is 0.668. The molecule has 0 unspecified atom stereocenters. The third-order valence-electron chi connectivity index (χ3n) is 1.70. The van der Waals surface area contributed by atoms with Crippen LogP contribution >= 0.6 is 58.6 Å². The van der Waals surface area contributed by atoms with Gasteiger partial charge in [-0.3, -0.25) is 0 Å². The Balaban J connectivity index is 0.000000317. The van der Waals surface area contributed by atoms with Crippen LogP contribution in [0.25, 0.3) is 0 Å². The fraction of sp³-hybridized carbons (Fsp3) is 0.0909. The van der Waals surface area contributed by atoms with E-state index in [2.05, 4.69) is 58.7 Å². The SMILES string of the molecule is BrB(Br)Br.c1ccc(OCc2cccs2)cc1. The van der Waals surface area contributed by atoms with Crippen LogP contribution in [0.4, 0.5) is 0 Å².